The zero-order valence-electron chi connectivity index (χ0n) is 7.39. The van der Waals surface area contributed by atoms with Crippen LogP contribution in [0.1, 0.15) is 6.92 Å². The van der Waals surface area contributed by atoms with Crippen molar-refractivity contribution in [3.8, 4) is 0 Å². The number of allylic oxidation sites excluding steroid dienone is 1. The Kier molecular flexibility index (Phi) is 6.79. The lowest BCUT2D eigenvalue weighted by molar-refractivity contribution is -0.905. The van der Waals surface area contributed by atoms with Gasteiger partial charge in [0.2, 0.25) is 0 Å². The molecule has 0 bridgehead atoms. The second-order valence-electron chi connectivity index (χ2n) is 2.99. The Morgan fingerprint density at radius 2 is 1.82 bits per heavy atom. The lowest BCUT2D eigenvalue weighted by Gasteiger charge is -2.22. The van der Waals surface area contributed by atoms with Gasteiger partial charge in [0, 0.05) is 6.08 Å². The van der Waals surface area contributed by atoms with Crippen LogP contribution in [0.3, 0.4) is 0 Å². The summed E-state index contributed by atoms with van der Waals surface area (Å²) in [6, 6.07) is 0. The van der Waals surface area contributed by atoms with E-state index in [1.54, 1.807) is 6.08 Å². The van der Waals surface area contributed by atoms with Crippen LogP contribution in [0.15, 0.2) is 12.2 Å². The van der Waals surface area contributed by atoms with Crippen molar-refractivity contribution in [1.29, 1.82) is 0 Å². The average molecular weight is 270 g/mol. The van der Waals surface area contributed by atoms with Crippen molar-refractivity contribution in [2.75, 3.05) is 21.1 Å². The molecule has 0 saturated heterocycles. The molecule has 0 aromatic heterocycles. The number of quaternary nitrogens is 1. The predicted octanol–water partition coefficient (Wildman–Crippen LogP) is -2.70. The fraction of sp³-hybridized carbons (Fsp3) is 0.571. The third-order valence-corrected chi connectivity index (χ3v) is 0.764. The van der Waals surface area contributed by atoms with E-state index >= 15 is 0 Å². The number of hydrogen-bond donors (Lipinski definition) is 1. The van der Waals surface area contributed by atoms with E-state index in [9.17, 15) is 4.79 Å². The zero-order chi connectivity index (χ0) is 8.20. The Bertz CT molecular complexity index is 149. The number of rotatable bonds is 2. The molecule has 1 N–H and O–H groups in total. The van der Waals surface area contributed by atoms with Gasteiger partial charge in [-0.15, -0.1) is 0 Å². The van der Waals surface area contributed by atoms with Crippen molar-refractivity contribution in [2.24, 2.45) is 0 Å². The minimum Gasteiger partial charge on any atom is -1.00 e. The highest BCUT2D eigenvalue weighted by Gasteiger charge is 2.08. The summed E-state index contributed by atoms with van der Waals surface area (Å²) in [4.78, 5) is 10.8. The van der Waals surface area contributed by atoms with Crippen molar-refractivity contribution < 1.29 is 33.4 Å². The largest absolute Gasteiger partial charge is 1.00 e. The Morgan fingerprint density at radius 1 is 1.36 bits per heavy atom. The molecule has 11 heavy (non-hydrogen) atoms. The maximum atomic E-state index is 10.8. The first kappa shape index (κ1) is 13.5. The Morgan fingerprint density at radius 3 is 2.09 bits per heavy atom. The van der Waals surface area contributed by atoms with E-state index in [-0.39, 0.29) is 29.9 Å². The van der Waals surface area contributed by atoms with Crippen LogP contribution in [-0.4, -0.2) is 31.6 Å². The Hall–Kier alpha value is -0.100. The molecule has 0 heterocycles. The number of nitrogens with zero attached hydrogens (tertiary/aromatic N) is 1. The molecule has 1 amide bonds. The van der Waals surface area contributed by atoms with Gasteiger partial charge >= 0.3 is 0 Å². The smallest absolute Gasteiger partial charge is 0.288 e. The van der Waals surface area contributed by atoms with Gasteiger partial charge in [0.15, 0.2) is 0 Å². The molecule has 4 heteroatoms. The molecule has 0 atom stereocenters. The van der Waals surface area contributed by atoms with E-state index in [0.29, 0.717) is 4.59 Å². The van der Waals surface area contributed by atoms with E-state index in [2.05, 4.69) is 5.43 Å². The SMILES string of the molecule is CC=CC(=O)N[N+](C)(C)C.[I-]. The number of nitrogens with one attached hydrogen (secondary N) is 1. The molecular formula is C7H15IN2O. The zero-order valence-corrected chi connectivity index (χ0v) is 9.55. The Labute approximate surface area is 85.0 Å². The Balaban J connectivity index is 0. The average Bonchev–Trinajstić information content (AvgIpc) is 1.59. The highest BCUT2D eigenvalue weighted by atomic mass is 127. The minimum atomic E-state index is -0.0602. The molecule has 0 spiro atoms. The lowest BCUT2D eigenvalue weighted by atomic mass is 10.5. The van der Waals surface area contributed by atoms with Gasteiger partial charge in [0.1, 0.15) is 0 Å². The molecule has 0 rings (SSSR count). The second kappa shape index (κ2) is 5.54. The summed E-state index contributed by atoms with van der Waals surface area (Å²) in [5, 5.41) is 0. The van der Waals surface area contributed by atoms with Crippen molar-refractivity contribution in [2.45, 2.75) is 6.92 Å². The van der Waals surface area contributed by atoms with E-state index in [0.717, 1.165) is 0 Å². The van der Waals surface area contributed by atoms with Crippen LogP contribution in [0.4, 0.5) is 0 Å². The van der Waals surface area contributed by atoms with Crippen LogP contribution < -0.4 is 29.4 Å². The monoisotopic (exact) mass is 270 g/mol. The summed E-state index contributed by atoms with van der Waals surface area (Å²) in [6.45, 7) is 1.81. The van der Waals surface area contributed by atoms with Gasteiger partial charge in [-0.25, -0.2) is 4.59 Å². The first-order chi connectivity index (χ1) is 4.45. The molecule has 3 nitrogen and oxygen atoms in total. The summed E-state index contributed by atoms with van der Waals surface area (Å²) < 4.78 is 0.448. The standard InChI is InChI=1S/C7H14N2O.HI/c1-5-6-7(10)8-9(2,3)4;/h5-6H,1-4H3;1H. The van der Waals surface area contributed by atoms with Crippen molar-refractivity contribution in [3.05, 3.63) is 12.2 Å². The molecular weight excluding hydrogens is 255 g/mol. The number of hydrogen-bond acceptors (Lipinski definition) is 1. The first-order valence-electron chi connectivity index (χ1n) is 3.22. The van der Waals surface area contributed by atoms with Crippen LogP contribution >= 0.6 is 0 Å². The molecule has 0 aliphatic carbocycles. The van der Waals surface area contributed by atoms with Gasteiger partial charge in [0.05, 0.1) is 21.1 Å². The van der Waals surface area contributed by atoms with Crippen LogP contribution in [0.25, 0.3) is 0 Å². The van der Waals surface area contributed by atoms with Crippen molar-refractivity contribution in [1.82, 2.24) is 5.43 Å². The van der Waals surface area contributed by atoms with Gasteiger partial charge in [-0.05, 0) is 6.92 Å². The van der Waals surface area contributed by atoms with E-state index in [4.69, 9.17) is 0 Å². The van der Waals surface area contributed by atoms with Crippen LogP contribution in [0.5, 0.6) is 0 Å². The van der Waals surface area contributed by atoms with Gasteiger partial charge < -0.3 is 24.0 Å². The third-order valence-electron chi connectivity index (χ3n) is 0.764. The fourth-order valence-electron chi connectivity index (χ4n) is 0.519. The summed E-state index contributed by atoms with van der Waals surface area (Å²) in [5.41, 5.74) is 2.73. The minimum absolute atomic E-state index is 0. The summed E-state index contributed by atoms with van der Waals surface area (Å²) >= 11 is 0. The molecule has 0 aliphatic heterocycles. The molecule has 0 radical (unpaired) electrons. The van der Waals surface area contributed by atoms with Gasteiger partial charge in [-0.2, -0.15) is 5.43 Å². The topological polar surface area (TPSA) is 29.1 Å². The van der Waals surface area contributed by atoms with Gasteiger partial charge in [-0.3, -0.25) is 4.79 Å². The molecule has 0 aromatic rings. The molecule has 0 aliphatic rings. The molecule has 66 valence electrons. The van der Waals surface area contributed by atoms with E-state index < -0.39 is 0 Å². The quantitative estimate of drug-likeness (QED) is 0.252. The number of carbonyl (C=O) groups excluding carboxylic acids is 1. The second-order valence-corrected chi connectivity index (χ2v) is 2.99. The normalized spacial score (nSPS) is 10.9. The van der Waals surface area contributed by atoms with E-state index in [1.807, 2.05) is 28.1 Å². The number of halogens is 1. The summed E-state index contributed by atoms with van der Waals surface area (Å²) in [7, 11) is 5.67. The van der Waals surface area contributed by atoms with Crippen molar-refractivity contribution >= 4 is 5.91 Å². The third kappa shape index (κ3) is 9.90. The van der Waals surface area contributed by atoms with Crippen LogP contribution in [0.2, 0.25) is 0 Å². The number of carbonyl (C=O) groups is 1. The molecule has 0 fully saturated rings. The number of amides is 1. The molecule has 0 saturated carbocycles. The summed E-state index contributed by atoms with van der Waals surface area (Å²) in [6.07, 6.45) is 3.22. The molecule has 0 aromatic carbocycles. The highest BCUT2D eigenvalue weighted by Crippen LogP contribution is 1.82. The van der Waals surface area contributed by atoms with E-state index in [1.165, 1.54) is 6.08 Å². The van der Waals surface area contributed by atoms with Gasteiger partial charge in [-0.1, -0.05) is 6.08 Å². The highest BCUT2D eigenvalue weighted by molar-refractivity contribution is 5.86. The first-order valence-corrected chi connectivity index (χ1v) is 3.22. The fourth-order valence-corrected chi connectivity index (χ4v) is 0.519. The lowest BCUT2D eigenvalue weighted by Crippen LogP contribution is -3.00. The van der Waals surface area contributed by atoms with Crippen LogP contribution in [-0.2, 0) is 4.79 Å². The maximum absolute atomic E-state index is 10.8. The predicted molar refractivity (Wildman–Crippen MR) is 41.0 cm³/mol. The van der Waals surface area contributed by atoms with Crippen LogP contribution in [0, 0.1) is 0 Å². The molecule has 0 unspecified atom stereocenters. The van der Waals surface area contributed by atoms with Gasteiger partial charge in [0.25, 0.3) is 5.91 Å². The van der Waals surface area contributed by atoms with Crippen molar-refractivity contribution in [3.63, 3.8) is 0 Å². The maximum Gasteiger partial charge on any atom is 0.288 e. The summed E-state index contributed by atoms with van der Waals surface area (Å²) in [5.74, 6) is -0.0602.